The number of ketones is 1. The van der Waals surface area contributed by atoms with Crippen LogP contribution in [0, 0.1) is 0 Å². The van der Waals surface area contributed by atoms with E-state index >= 15 is 0 Å². The topological polar surface area (TPSA) is 52.1 Å². The number of nitrogens with zero attached hydrogens (tertiary/aromatic N) is 2. The fraction of sp³-hybridized carbons (Fsp3) is 0.727. The van der Waals surface area contributed by atoms with Gasteiger partial charge in [0.05, 0.1) is 11.8 Å². The molecule has 0 bridgehead atoms. The van der Waals surface area contributed by atoms with Gasteiger partial charge < -0.3 is 4.74 Å². The summed E-state index contributed by atoms with van der Waals surface area (Å²) in [6.45, 7) is 9.97. The Balaban J connectivity index is 2.81. The Kier molecular flexibility index (Phi) is 4.15. The van der Waals surface area contributed by atoms with Crippen LogP contribution in [0.5, 0.6) is 0 Å². The minimum atomic E-state index is -0.157. The first-order chi connectivity index (χ1) is 7.32. The summed E-state index contributed by atoms with van der Waals surface area (Å²) < 4.78 is 9.15. The predicted molar refractivity (Wildman–Crippen MR) is 64.0 cm³/mol. The average molecular weight is 242 g/mol. The van der Waals surface area contributed by atoms with Gasteiger partial charge in [0, 0.05) is 5.41 Å². The lowest BCUT2D eigenvalue weighted by atomic mass is 9.91. The quantitative estimate of drug-likeness (QED) is 0.761. The van der Waals surface area contributed by atoms with Gasteiger partial charge in [-0.1, -0.05) is 25.3 Å². The highest BCUT2D eigenvalue weighted by Gasteiger charge is 2.26. The Labute approximate surface area is 100 Å². The molecule has 0 saturated carbocycles. The Morgan fingerprint density at radius 3 is 2.56 bits per heavy atom. The van der Waals surface area contributed by atoms with Gasteiger partial charge in [-0.2, -0.15) is 0 Å². The maximum atomic E-state index is 11.9. The summed E-state index contributed by atoms with van der Waals surface area (Å²) in [7, 11) is 0. The standard InChI is InChI=1S/C11H18N2O2S/c1-7(2)15-6-8(14)9-10(11(3,4)5)12-13-16-9/h7H,6H2,1-5H3. The van der Waals surface area contributed by atoms with Crippen LogP contribution in [0.4, 0.5) is 0 Å². The molecule has 0 atom stereocenters. The normalized spacial score (nSPS) is 12.1. The molecule has 1 aromatic rings. The fourth-order valence-corrected chi connectivity index (χ4v) is 1.97. The van der Waals surface area contributed by atoms with E-state index < -0.39 is 0 Å². The summed E-state index contributed by atoms with van der Waals surface area (Å²) in [5, 5.41) is 4.03. The van der Waals surface area contributed by atoms with Crippen molar-refractivity contribution in [3.8, 4) is 0 Å². The largest absolute Gasteiger partial charge is 0.371 e. The van der Waals surface area contributed by atoms with Crippen LogP contribution < -0.4 is 0 Å². The lowest BCUT2D eigenvalue weighted by Crippen LogP contribution is -2.19. The van der Waals surface area contributed by atoms with E-state index in [0.29, 0.717) is 4.88 Å². The fourth-order valence-electron chi connectivity index (χ4n) is 1.17. The van der Waals surface area contributed by atoms with Crippen LogP contribution >= 0.6 is 11.5 Å². The van der Waals surface area contributed by atoms with Crippen LogP contribution in [0.2, 0.25) is 0 Å². The van der Waals surface area contributed by atoms with Gasteiger partial charge in [-0.3, -0.25) is 4.79 Å². The van der Waals surface area contributed by atoms with Crippen molar-refractivity contribution in [1.29, 1.82) is 0 Å². The van der Waals surface area contributed by atoms with E-state index in [4.69, 9.17) is 4.74 Å². The molecule has 4 nitrogen and oxygen atoms in total. The van der Waals surface area contributed by atoms with Gasteiger partial charge in [0.2, 0.25) is 5.78 Å². The molecule has 16 heavy (non-hydrogen) atoms. The number of carbonyl (C=O) groups excluding carboxylic acids is 1. The summed E-state index contributed by atoms with van der Waals surface area (Å²) >= 11 is 1.15. The molecule has 0 spiro atoms. The Morgan fingerprint density at radius 2 is 2.06 bits per heavy atom. The van der Waals surface area contributed by atoms with E-state index in [2.05, 4.69) is 9.59 Å². The van der Waals surface area contributed by atoms with Crippen LogP contribution in [0.1, 0.15) is 50.0 Å². The lowest BCUT2D eigenvalue weighted by Gasteiger charge is -2.16. The molecule has 0 saturated heterocycles. The van der Waals surface area contributed by atoms with Crippen LogP contribution in [0.3, 0.4) is 0 Å². The number of rotatable bonds is 4. The molecule has 0 N–H and O–H groups in total. The maximum absolute atomic E-state index is 11.9. The van der Waals surface area contributed by atoms with Gasteiger partial charge in [0.1, 0.15) is 11.5 Å². The van der Waals surface area contributed by atoms with Crippen molar-refractivity contribution in [2.24, 2.45) is 0 Å². The van der Waals surface area contributed by atoms with Gasteiger partial charge in [0.25, 0.3) is 0 Å². The molecule has 0 unspecified atom stereocenters. The SMILES string of the molecule is CC(C)OCC(=O)c1snnc1C(C)(C)C. The number of hydrogen-bond acceptors (Lipinski definition) is 5. The molecule has 0 radical (unpaired) electrons. The first-order valence-corrected chi connectivity index (χ1v) is 6.07. The van der Waals surface area contributed by atoms with Gasteiger partial charge in [0.15, 0.2) is 0 Å². The summed E-state index contributed by atoms with van der Waals surface area (Å²) in [6, 6.07) is 0. The first kappa shape index (κ1) is 13.3. The molecule has 0 amide bonds. The van der Waals surface area contributed by atoms with E-state index in [-0.39, 0.29) is 23.9 Å². The van der Waals surface area contributed by atoms with Gasteiger partial charge in [-0.05, 0) is 25.4 Å². The molecule has 1 heterocycles. The lowest BCUT2D eigenvalue weighted by molar-refractivity contribution is 0.0586. The molecule has 0 aliphatic heterocycles. The van der Waals surface area contributed by atoms with Crippen LogP contribution in [-0.4, -0.2) is 28.1 Å². The number of aromatic nitrogens is 2. The minimum absolute atomic E-state index is 0.0337. The van der Waals surface area contributed by atoms with Crippen LogP contribution in [0.25, 0.3) is 0 Å². The van der Waals surface area contributed by atoms with E-state index in [1.165, 1.54) is 0 Å². The second kappa shape index (κ2) is 5.01. The molecular formula is C11H18N2O2S. The number of ether oxygens (including phenoxy) is 1. The third kappa shape index (κ3) is 3.35. The Morgan fingerprint density at radius 1 is 1.44 bits per heavy atom. The summed E-state index contributed by atoms with van der Waals surface area (Å²) in [5.74, 6) is -0.0337. The van der Waals surface area contributed by atoms with Gasteiger partial charge in [-0.15, -0.1) is 5.10 Å². The van der Waals surface area contributed by atoms with E-state index in [1.54, 1.807) is 0 Å². The molecule has 0 fully saturated rings. The second-order valence-electron chi connectivity index (χ2n) is 4.98. The monoisotopic (exact) mass is 242 g/mol. The number of hydrogen-bond donors (Lipinski definition) is 0. The maximum Gasteiger partial charge on any atom is 0.201 e. The molecule has 0 aliphatic rings. The summed E-state index contributed by atoms with van der Waals surface area (Å²) in [4.78, 5) is 12.5. The van der Waals surface area contributed by atoms with Gasteiger partial charge in [-0.25, -0.2) is 0 Å². The van der Waals surface area contributed by atoms with Crippen molar-refractivity contribution in [2.45, 2.75) is 46.1 Å². The van der Waals surface area contributed by atoms with Crippen LogP contribution in [-0.2, 0) is 10.2 Å². The molecule has 90 valence electrons. The molecule has 1 rings (SSSR count). The minimum Gasteiger partial charge on any atom is -0.371 e. The van der Waals surface area contributed by atoms with Crippen molar-refractivity contribution in [1.82, 2.24) is 9.59 Å². The number of carbonyl (C=O) groups is 1. The molecule has 1 aromatic heterocycles. The molecular weight excluding hydrogens is 224 g/mol. The zero-order valence-corrected chi connectivity index (χ0v) is 11.2. The van der Waals surface area contributed by atoms with Crippen LogP contribution in [0.15, 0.2) is 0 Å². The highest BCUT2D eigenvalue weighted by molar-refractivity contribution is 7.08. The Bertz CT molecular complexity index is 366. The highest BCUT2D eigenvalue weighted by Crippen LogP contribution is 2.26. The van der Waals surface area contributed by atoms with Crippen molar-refractivity contribution in [3.63, 3.8) is 0 Å². The molecule has 5 heteroatoms. The van der Waals surface area contributed by atoms with Gasteiger partial charge >= 0.3 is 0 Å². The van der Waals surface area contributed by atoms with E-state index in [9.17, 15) is 4.79 Å². The van der Waals surface area contributed by atoms with Crippen molar-refractivity contribution < 1.29 is 9.53 Å². The third-order valence-electron chi connectivity index (χ3n) is 2.00. The zero-order chi connectivity index (χ0) is 12.3. The molecule has 0 aromatic carbocycles. The van der Waals surface area contributed by atoms with Crippen molar-refractivity contribution >= 4 is 17.3 Å². The number of Topliss-reactive ketones (excluding diaryl/α,β-unsaturated/α-hetero) is 1. The zero-order valence-electron chi connectivity index (χ0n) is 10.4. The predicted octanol–water partition coefficient (Wildman–Crippen LogP) is 2.44. The average Bonchev–Trinajstić information content (AvgIpc) is 2.61. The third-order valence-corrected chi connectivity index (χ3v) is 2.77. The first-order valence-electron chi connectivity index (χ1n) is 5.30. The second-order valence-corrected chi connectivity index (χ2v) is 5.74. The summed E-state index contributed by atoms with van der Waals surface area (Å²) in [6.07, 6.45) is 0.0583. The highest BCUT2D eigenvalue weighted by atomic mass is 32.1. The van der Waals surface area contributed by atoms with Crippen molar-refractivity contribution in [3.05, 3.63) is 10.6 Å². The summed E-state index contributed by atoms with van der Waals surface area (Å²) in [5.41, 5.74) is 0.602. The Hall–Kier alpha value is -0.810. The smallest absolute Gasteiger partial charge is 0.201 e. The molecule has 0 aliphatic carbocycles. The van der Waals surface area contributed by atoms with Crippen molar-refractivity contribution in [2.75, 3.05) is 6.61 Å². The van der Waals surface area contributed by atoms with E-state index in [0.717, 1.165) is 17.2 Å². The van der Waals surface area contributed by atoms with E-state index in [1.807, 2.05) is 34.6 Å².